The number of carbonyl (C=O) groups is 1. The maximum atomic E-state index is 12.0. The van der Waals surface area contributed by atoms with Crippen molar-refractivity contribution in [1.82, 2.24) is 10.6 Å². The van der Waals surface area contributed by atoms with Crippen molar-refractivity contribution in [3.8, 4) is 0 Å². The van der Waals surface area contributed by atoms with Crippen LogP contribution in [0.3, 0.4) is 0 Å². The number of amides is 2. The molecule has 0 aliphatic heterocycles. The number of nitrogens with one attached hydrogen (secondary N) is 2. The van der Waals surface area contributed by atoms with Crippen LogP contribution in [-0.2, 0) is 13.0 Å². The number of hydrogen-bond acceptors (Lipinski definition) is 2. The van der Waals surface area contributed by atoms with Crippen molar-refractivity contribution < 1.29 is 4.79 Å². The number of hydrogen-bond donors (Lipinski definition) is 2. The summed E-state index contributed by atoms with van der Waals surface area (Å²) >= 11 is 0. The lowest BCUT2D eigenvalue weighted by Crippen LogP contribution is -2.40. The average Bonchev–Trinajstić information content (AvgIpc) is 2.59. The summed E-state index contributed by atoms with van der Waals surface area (Å²) in [6.45, 7) is 2.56. The predicted molar refractivity (Wildman–Crippen MR) is 100 cm³/mol. The Kier molecular flexibility index (Phi) is 6.67. The number of rotatable bonds is 7. The van der Waals surface area contributed by atoms with Gasteiger partial charge >= 0.3 is 6.03 Å². The van der Waals surface area contributed by atoms with Crippen LogP contribution in [0.1, 0.15) is 24.5 Å². The third kappa shape index (κ3) is 5.95. The normalized spacial score (nSPS) is 11.6. The third-order valence-electron chi connectivity index (χ3n) is 3.97. The Morgan fingerprint density at radius 2 is 1.75 bits per heavy atom. The molecular formula is C20H27N3O. The molecule has 24 heavy (non-hydrogen) atoms. The minimum absolute atomic E-state index is 0.120. The Morgan fingerprint density at radius 3 is 2.46 bits per heavy atom. The van der Waals surface area contributed by atoms with Crippen molar-refractivity contribution in [2.45, 2.75) is 32.4 Å². The van der Waals surface area contributed by atoms with Crippen molar-refractivity contribution in [2.24, 2.45) is 0 Å². The van der Waals surface area contributed by atoms with E-state index in [0.29, 0.717) is 6.54 Å². The van der Waals surface area contributed by atoms with E-state index in [1.807, 2.05) is 51.4 Å². The van der Waals surface area contributed by atoms with Crippen LogP contribution in [0.15, 0.2) is 54.6 Å². The van der Waals surface area contributed by atoms with Crippen molar-refractivity contribution in [3.05, 3.63) is 65.7 Å². The maximum Gasteiger partial charge on any atom is 0.315 e. The molecule has 0 aliphatic rings. The van der Waals surface area contributed by atoms with Gasteiger partial charge in [-0.2, -0.15) is 0 Å². The first kappa shape index (κ1) is 17.9. The molecule has 0 fully saturated rings. The van der Waals surface area contributed by atoms with Gasteiger partial charge in [-0.15, -0.1) is 0 Å². The Hall–Kier alpha value is -2.49. The molecule has 0 bridgehead atoms. The highest BCUT2D eigenvalue weighted by Crippen LogP contribution is 2.13. The molecule has 2 aromatic rings. The zero-order valence-corrected chi connectivity index (χ0v) is 14.8. The van der Waals surface area contributed by atoms with E-state index in [4.69, 9.17) is 0 Å². The lowest BCUT2D eigenvalue weighted by molar-refractivity contribution is 0.237. The third-order valence-corrected chi connectivity index (χ3v) is 3.97. The molecule has 2 amide bonds. The summed E-state index contributed by atoms with van der Waals surface area (Å²) in [5.74, 6) is 0. The molecule has 1 atom stereocenters. The number of benzene rings is 2. The number of aryl methyl sites for hydroxylation is 1. The highest BCUT2D eigenvalue weighted by molar-refractivity contribution is 5.74. The molecule has 2 rings (SSSR count). The summed E-state index contributed by atoms with van der Waals surface area (Å²) in [4.78, 5) is 14.1. The monoisotopic (exact) mass is 325 g/mol. The van der Waals surface area contributed by atoms with E-state index >= 15 is 0 Å². The first-order valence-electron chi connectivity index (χ1n) is 8.39. The van der Waals surface area contributed by atoms with Gasteiger partial charge in [0.05, 0.1) is 0 Å². The summed E-state index contributed by atoms with van der Waals surface area (Å²) in [6, 6.07) is 18.5. The smallest absolute Gasteiger partial charge is 0.315 e. The highest BCUT2D eigenvalue weighted by atomic mass is 16.2. The number of anilines is 1. The van der Waals surface area contributed by atoms with Gasteiger partial charge in [0.15, 0.2) is 0 Å². The SMILES string of the molecule is CC(CCc1ccccc1)NC(=O)NCc1cccc(N(C)C)c1. The highest BCUT2D eigenvalue weighted by Gasteiger charge is 2.07. The van der Waals surface area contributed by atoms with Crippen LogP contribution < -0.4 is 15.5 Å². The van der Waals surface area contributed by atoms with Crippen molar-refractivity contribution in [3.63, 3.8) is 0 Å². The molecular weight excluding hydrogens is 298 g/mol. The lowest BCUT2D eigenvalue weighted by atomic mass is 10.1. The van der Waals surface area contributed by atoms with E-state index in [1.54, 1.807) is 0 Å². The van der Waals surface area contributed by atoms with Crippen molar-refractivity contribution in [1.29, 1.82) is 0 Å². The van der Waals surface area contributed by atoms with Gasteiger partial charge in [0.2, 0.25) is 0 Å². The van der Waals surface area contributed by atoms with Crippen LogP contribution in [0, 0.1) is 0 Å². The van der Waals surface area contributed by atoms with Gasteiger partial charge in [0.1, 0.15) is 0 Å². The fourth-order valence-electron chi connectivity index (χ4n) is 2.50. The molecule has 2 N–H and O–H groups in total. The summed E-state index contributed by atoms with van der Waals surface area (Å²) in [5.41, 5.74) is 3.52. The standard InChI is InChI=1S/C20H27N3O/c1-16(12-13-17-8-5-4-6-9-17)22-20(24)21-15-18-10-7-11-19(14-18)23(2)3/h4-11,14,16H,12-13,15H2,1-3H3,(H2,21,22,24). The Balaban J connectivity index is 1.73. The van der Waals surface area contributed by atoms with Crippen molar-refractivity contribution >= 4 is 11.7 Å². The minimum atomic E-state index is -0.120. The number of carbonyl (C=O) groups excluding carboxylic acids is 1. The molecule has 1 unspecified atom stereocenters. The van der Waals surface area contributed by atoms with Crippen LogP contribution in [0.2, 0.25) is 0 Å². The van der Waals surface area contributed by atoms with E-state index in [2.05, 4.69) is 39.8 Å². The summed E-state index contributed by atoms with van der Waals surface area (Å²) in [6.07, 6.45) is 1.89. The zero-order valence-electron chi connectivity index (χ0n) is 14.8. The van der Waals surface area contributed by atoms with E-state index in [9.17, 15) is 4.79 Å². The Bertz CT molecular complexity index is 640. The first-order valence-corrected chi connectivity index (χ1v) is 8.39. The molecule has 2 aromatic carbocycles. The Morgan fingerprint density at radius 1 is 1.04 bits per heavy atom. The van der Waals surface area contributed by atoms with Gasteiger partial charge in [-0.05, 0) is 43.0 Å². The van der Waals surface area contributed by atoms with E-state index in [0.717, 1.165) is 24.1 Å². The lowest BCUT2D eigenvalue weighted by Gasteiger charge is -2.16. The van der Waals surface area contributed by atoms with Crippen LogP contribution in [0.25, 0.3) is 0 Å². The van der Waals surface area contributed by atoms with Gasteiger partial charge in [0.25, 0.3) is 0 Å². The number of nitrogens with zero attached hydrogens (tertiary/aromatic N) is 1. The molecule has 0 aliphatic carbocycles. The summed E-state index contributed by atoms with van der Waals surface area (Å²) < 4.78 is 0. The van der Waals surface area contributed by atoms with Crippen LogP contribution in [-0.4, -0.2) is 26.2 Å². The van der Waals surface area contributed by atoms with Crippen molar-refractivity contribution in [2.75, 3.05) is 19.0 Å². The molecule has 0 heterocycles. The molecule has 4 heteroatoms. The molecule has 128 valence electrons. The van der Waals surface area contributed by atoms with E-state index in [1.165, 1.54) is 5.56 Å². The van der Waals surface area contributed by atoms with Crippen LogP contribution >= 0.6 is 0 Å². The van der Waals surface area contributed by atoms with E-state index in [-0.39, 0.29) is 12.1 Å². The predicted octanol–water partition coefficient (Wildman–Crippen LogP) is 3.57. The van der Waals surface area contributed by atoms with E-state index < -0.39 is 0 Å². The molecule has 0 saturated carbocycles. The fraction of sp³-hybridized carbons (Fsp3) is 0.350. The second-order valence-electron chi connectivity index (χ2n) is 6.32. The van der Waals surface area contributed by atoms with Gasteiger partial charge < -0.3 is 15.5 Å². The van der Waals surface area contributed by atoms with Gasteiger partial charge in [-0.1, -0.05) is 42.5 Å². The van der Waals surface area contributed by atoms with Crippen LogP contribution in [0.4, 0.5) is 10.5 Å². The second-order valence-corrected chi connectivity index (χ2v) is 6.32. The Labute approximate surface area is 144 Å². The molecule has 4 nitrogen and oxygen atoms in total. The van der Waals surface area contributed by atoms with Crippen LogP contribution in [0.5, 0.6) is 0 Å². The van der Waals surface area contributed by atoms with Gasteiger partial charge in [-0.25, -0.2) is 4.79 Å². The maximum absolute atomic E-state index is 12.0. The van der Waals surface area contributed by atoms with Gasteiger partial charge in [0, 0.05) is 32.4 Å². The quantitative estimate of drug-likeness (QED) is 0.817. The largest absolute Gasteiger partial charge is 0.378 e. The molecule has 0 spiro atoms. The van der Waals surface area contributed by atoms with Gasteiger partial charge in [-0.3, -0.25) is 0 Å². The summed E-state index contributed by atoms with van der Waals surface area (Å²) in [5, 5.41) is 5.92. The summed E-state index contributed by atoms with van der Waals surface area (Å²) in [7, 11) is 4.02. The fourth-order valence-corrected chi connectivity index (χ4v) is 2.50. The minimum Gasteiger partial charge on any atom is -0.378 e. The second kappa shape index (κ2) is 8.96. The first-order chi connectivity index (χ1) is 11.5. The number of urea groups is 1. The molecule has 0 saturated heterocycles. The topological polar surface area (TPSA) is 44.4 Å². The molecule has 0 radical (unpaired) electrons. The average molecular weight is 325 g/mol. The zero-order chi connectivity index (χ0) is 17.4. The molecule has 0 aromatic heterocycles.